The van der Waals surface area contributed by atoms with Gasteiger partial charge in [-0.05, 0) is 24.6 Å². The van der Waals surface area contributed by atoms with Gasteiger partial charge in [0, 0.05) is 12.5 Å². The first-order valence-corrected chi connectivity index (χ1v) is 7.17. The molecular weight excluding hydrogens is 268 g/mol. The van der Waals surface area contributed by atoms with E-state index in [0.29, 0.717) is 24.2 Å². The zero-order chi connectivity index (χ0) is 14.7. The number of nitrogens with zero attached hydrogens (tertiary/aromatic N) is 3. The molecule has 6 nitrogen and oxygen atoms in total. The summed E-state index contributed by atoms with van der Waals surface area (Å²) in [5.41, 5.74) is 6.75. The molecule has 2 N–H and O–H groups in total. The van der Waals surface area contributed by atoms with Crippen molar-refractivity contribution in [2.24, 2.45) is 5.73 Å². The third-order valence-corrected chi connectivity index (χ3v) is 3.90. The minimum Gasteiger partial charge on any atom is -0.496 e. The Labute approximate surface area is 123 Å². The van der Waals surface area contributed by atoms with Crippen molar-refractivity contribution in [3.8, 4) is 5.75 Å². The van der Waals surface area contributed by atoms with E-state index in [1.165, 1.54) is 5.56 Å². The second kappa shape index (κ2) is 6.24. The molecule has 2 heterocycles. The van der Waals surface area contributed by atoms with Crippen LogP contribution < -0.4 is 10.5 Å². The fourth-order valence-electron chi connectivity index (χ4n) is 2.87. The highest BCUT2D eigenvalue weighted by Crippen LogP contribution is 2.33. The van der Waals surface area contributed by atoms with Gasteiger partial charge in [-0.25, -0.2) is 0 Å². The number of likely N-dealkylation sites (tertiary alicyclic amines) is 1. The summed E-state index contributed by atoms with van der Waals surface area (Å²) in [5, 5.41) is 3.95. The van der Waals surface area contributed by atoms with Crippen molar-refractivity contribution in [2.45, 2.75) is 25.4 Å². The van der Waals surface area contributed by atoms with Gasteiger partial charge in [-0.1, -0.05) is 23.4 Å². The molecule has 0 radical (unpaired) electrons. The summed E-state index contributed by atoms with van der Waals surface area (Å²) >= 11 is 0. The number of benzene rings is 1. The molecule has 1 unspecified atom stereocenters. The van der Waals surface area contributed by atoms with Crippen LogP contribution in [0.5, 0.6) is 5.75 Å². The van der Waals surface area contributed by atoms with Gasteiger partial charge in [0.25, 0.3) is 0 Å². The van der Waals surface area contributed by atoms with Crippen molar-refractivity contribution < 1.29 is 9.26 Å². The number of methoxy groups -OCH3 is 1. The fraction of sp³-hybridized carbons (Fsp3) is 0.467. The van der Waals surface area contributed by atoms with E-state index < -0.39 is 0 Å². The maximum atomic E-state index is 5.48. The molecule has 6 heteroatoms. The highest BCUT2D eigenvalue weighted by atomic mass is 16.5. The minimum atomic E-state index is 0.289. The molecule has 1 saturated heterocycles. The summed E-state index contributed by atoms with van der Waals surface area (Å²) < 4.78 is 10.5. The fourth-order valence-corrected chi connectivity index (χ4v) is 2.87. The van der Waals surface area contributed by atoms with E-state index in [1.807, 2.05) is 12.1 Å². The van der Waals surface area contributed by atoms with Gasteiger partial charge in [0.1, 0.15) is 5.75 Å². The van der Waals surface area contributed by atoms with Crippen molar-refractivity contribution in [1.82, 2.24) is 15.0 Å². The van der Waals surface area contributed by atoms with E-state index in [-0.39, 0.29) is 6.54 Å². The molecule has 0 saturated carbocycles. The Balaban J connectivity index is 1.65. The average molecular weight is 288 g/mol. The van der Waals surface area contributed by atoms with Crippen LogP contribution in [-0.4, -0.2) is 35.2 Å². The number of hydrogen-bond donors (Lipinski definition) is 1. The van der Waals surface area contributed by atoms with Gasteiger partial charge in [0.05, 0.1) is 20.2 Å². The van der Waals surface area contributed by atoms with Crippen LogP contribution in [0.3, 0.4) is 0 Å². The highest BCUT2D eigenvalue weighted by molar-refractivity contribution is 5.37. The van der Waals surface area contributed by atoms with Crippen LogP contribution in [0.4, 0.5) is 0 Å². The number of nitrogens with two attached hydrogens (primary N) is 1. The Kier molecular flexibility index (Phi) is 4.17. The summed E-state index contributed by atoms with van der Waals surface area (Å²) in [4.78, 5) is 6.59. The molecule has 1 aromatic heterocycles. The SMILES string of the molecule is COc1ccccc1C1CCN(Cc2noc(CN)n2)C1. The van der Waals surface area contributed by atoms with Gasteiger partial charge in [-0.2, -0.15) is 4.98 Å². The van der Waals surface area contributed by atoms with E-state index in [0.717, 1.165) is 25.3 Å². The molecule has 0 bridgehead atoms. The van der Waals surface area contributed by atoms with Gasteiger partial charge in [-0.15, -0.1) is 0 Å². The van der Waals surface area contributed by atoms with Crippen LogP contribution >= 0.6 is 0 Å². The van der Waals surface area contributed by atoms with E-state index in [9.17, 15) is 0 Å². The third-order valence-electron chi connectivity index (χ3n) is 3.90. The van der Waals surface area contributed by atoms with Gasteiger partial charge in [0.2, 0.25) is 5.89 Å². The predicted molar refractivity (Wildman–Crippen MR) is 77.8 cm³/mol. The van der Waals surface area contributed by atoms with Crippen LogP contribution in [0.1, 0.15) is 29.6 Å². The van der Waals surface area contributed by atoms with Gasteiger partial charge < -0.3 is 15.0 Å². The maximum Gasteiger partial charge on any atom is 0.240 e. The summed E-state index contributed by atoms with van der Waals surface area (Å²) in [6.45, 7) is 2.99. The summed E-state index contributed by atoms with van der Waals surface area (Å²) in [5.74, 6) is 2.65. The second-order valence-corrected chi connectivity index (χ2v) is 5.27. The first-order valence-electron chi connectivity index (χ1n) is 7.17. The zero-order valence-corrected chi connectivity index (χ0v) is 12.2. The molecule has 0 spiro atoms. The topological polar surface area (TPSA) is 77.4 Å². The quantitative estimate of drug-likeness (QED) is 0.899. The van der Waals surface area contributed by atoms with Crippen LogP contribution in [-0.2, 0) is 13.1 Å². The molecule has 112 valence electrons. The number of ether oxygens (including phenoxy) is 1. The van der Waals surface area contributed by atoms with E-state index in [1.54, 1.807) is 7.11 Å². The molecule has 3 rings (SSSR count). The van der Waals surface area contributed by atoms with Gasteiger partial charge >= 0.3 is 0 Å². The Morgan fingerprint density at radius 2 is 2.29 bits per heavy atom. The molecule has 0 amide bonds. The van der Waals surface area contributed by atoms with Gasteiger partial charge in [-0.3, -0.25) is 4.90 Å². The lowest BCUT2D eigenvalue weighted by Crippen LogP contribution is -2.20. The molecule has 1 atom stereocenters. The van der Waals surface area contributed by atoms with Crippen molar-refractivity contribution in [3.05, 3.63) is 41.5 Å². The lowest BCUT2D eigenvalue weighted by Gasteiger charge is -2.16. The molecule has 1 aromatic carbocycles. The van der Waals surface area contributed by atoms with Crippen molar-refractivity contribution in [1.29, 1.82) is 0 Å². The van der Waals surface area contributed by atoms with Crippen LogP contribution in [0.2, 0.25) is 0 Å². The van der Waals surface area contributed by atoms with Crippen molar-refractivity contribution in [2.75, 3.05) is 20.2 Å². The van der Waals surface area contributed by atoms with E-state index in [4.69, 9.17) is 15.0 Å². The van der Waals surface area contributed by atoms with E-state index >= 15 is 0 Å². The first-order chi connectivity index (χ1) is 10.3. The van der Waals surface area contributed by atoms with Crippen molar-refractivity contribution >= 4 is 0 Å². The highest BCUT2D eigenvalue weighted by Gasteiger charge is 2.26. The summed E-state index contributed by atoms with van der Waals surface area (Å²) in [7, 11) is 1.72. The van der Waals surface area contributed by atoms with Crippen molar-refractivity contribution in [3.63, 3.8) is 0 Å². The molecular formula is C15H20N4O2. The first kappa shape index (κ1) is 14.0. The molecule has 1 fully saturated rings. The molecule has 21 heavy (non-hydrogen) atoms. The van der Waals surface area contributed by atoms with Crippen LogP contribution in [0.25, 0.3) is 0 Å². The number of hydrogen-bond acceptors (Lipinski definition) is 6. The predicted octanol–water partition coefficient (Wildman–Crippen LogP) is 1.53. The van der Waals surface area contributed by atoms with Crippen LogP contribution in [0, 0.1) is 0 Å². The lowest BCUT2D eigenvalue weighted by molar-refractivity contribution is 0.305. The molecule has 1 aliphatic rings. The molecule has 2 aromatic rings. The van der Waals surface area contributed by atoms with Crippen LogP contribution in [0.15, 0.2) is 28.8 Å². The van der Waals surface area contributed by atoms with Gasteiger partial charge in [0.15, 0.2) is 5.82 Å². The number of rotatable bonds is 5. The Morgan fingerprint density at radius 3 is 3.05 bits per heavy atom. The monoisotopic (exact) mass is 288 g/mol. The second-order valence-electron chi connectivity index (χ2n) is 5.27. The van der Waals surface area contributed by atoms with E-state index in [2.05, 4.69) is 27.2 Å². The maximum absolute atomic E-state index is 5.48. The standard InChI is InChI=1S/C15H20N4O2/c1-20-13-5-3-2-4-12(13)11-6-7-19(9-11)10-14-17-15(8-16)21-18-14/h2-5,11H,6-10,16H2,1H3. The Morgan fingerprint density at radius 1 is 1.43 bits per heavy atom. The molecule has 1 aliphatic heterocycles. The number of aromatic nitrogens is 2. The summed E-state index contributed by atoms with van der Waals surface area (Å²) in [6, 6.07) is 8.23. The largest absolute Gasteiger partial charge is 0.496 e. The lowest BCUT2D eigenvalue weighted by atomic mass is 9.97. The average Bonchev–Trinajstić information content (AvgIpc) is 3.17. The normalized spacial score (nSPS) is 19.0. The smallest absolute Gasteiger partial charge is 0.240 e. The number of para-hydroxylation sites is 1. The summed E-state index contributed by atoms with van der Waals surface area (Å²) in [6.07, 6.45) is 1.11. The minimum absolute atomic E-state index is 0.289. The third kappa shape index (κ3) is 3.06. The Bertz CT molecular complexity index is 599. The molecule has 0 aliphatic carbocycles. The zero-order valence-electron chi connectivity index (χ0n) is 12.2. The Hall–Kier alpha value is -1.92.